The number of hydrogen-bond donors (Lipinski definition) is 2. The minimum Gasteiger partial charge on any atom is -0.385 e. The molecule has 3 heteroatoms. The minimum atomic E-state index is 0.0562. The highest BCUT2D eigenvalue weighted by Gasteiger charge is 2.20. The first kappa shape index (κ1) is 11.0. The Kier molecular flexibility index (Phi) is 3.44. The average Bonchev–Trinajstić information content (AvgIpc) is 3.11. The Morgan fingerprint density at radius 3 is 2.81 bits per heavy atom. The molecule has 3 nitrogen and oxygen atoms in total. The van der Waals surface area contributed by atoms with Crippen molar-refractivity contribution < 1.29 is 4.79 Å². The van der Waals surface area contributed by atoms with Crippen LogP contribution in [0.3, 0.4) is 0 Å². The van der Waals surface area contributed by atoms with Gasteiger partial charge in [-0.25, -0.2) is 0 Å². The molecule has 1 fully saturated rings. The molecule has 2 rings (SSSR count). The molecular formula is C13H18N2O. The maximum absolute atomic E-state index is 11.3. The monoisotopic (exact) mass is 218 g/mol. The van der Waals surface area contributed by atoms with Crippen LogP contribution in [0.2, 0.25) is 0 Å². The summed E-state index contributed by atoms with van der Waals surface area (Å²) in [6.45, 7) is 1.03. The number of rotatable bonds is 5. The van der Waals surface area contributed by atoms with E-state index in [1.807, 2.05) is 24.3 Å². The highest BCUT2D eigenvalue weighted by atomic mass is 16.1. The van der Waals surface area contributed by atoms with Crippen molar-refractivity contribution in [3.8, 4) is 0 Å². The smallest absolute Gasteiger partial charge is 0.224 e. The Bertz CT molecular complexity index is 372. The number of carbonyl (C=O) groups is 1. The zero-order chi connectivity index (χ0) is 11.4. The molecule has 1 amide bonds. The van der Waals surface area contributed by atoms with Gasteiger partial charge in [-0.1, -0.05) is 18.2 Å². The van der Waals surface area contributed by atoms with Crippen molar-refractivity contribution in [1.29, 1.82) is 0 Å². The predicted molar refractivity (Wildman–Crippen MR) is 65.4 cm³/mol. The van der Waals surface area contributed by atoms with Gasteiger partial charge in [0.25, 0.3) is 0 Å². The fraction of sp³-hybridized carbons (Fsp3) is 0.462. The molecule has 0 atom stereocenters. The van der Waals surface area contributed by atoms with Gasteiger partial charge in [-0.15, -0.1) is 0 Å². The first-order valence-electron chi connectivity index (χ1n) is 5.82. The summed E-state index contributed by atoms with van der Waals surface area (Å²) >= 11 is 0. The highest BCUT2D eigenvalue weighted by Crippen LogP contribution is 2.29. The Hall–Kier alpha value is -1.51. The molecule has 1 aliphatic carbocycles. The number of carbonyl (C=O) groups excluding carboxylic acids is 1. The van der Waals surface area contributed by atoms with Crippen molar-refractivity contribution in [2.45, 2.75) is 19.3 Å². The van der Waals surface area contributed by atoms with E-state index >= 15 is 0 Å². The zero-order valence-corrected chi connectivity index (χ0v) is 9.62. The second-order valence-electron chi connectivity index (χ2n) is 4.33. The molecule has 16 heavy (non-hydrogen) atoms. The molecule has 0 radical (unpaired) electrons. The summed E-state index contributed by atoms with van der Waals surface area (Å²) in [5, 5.41) is 6.08. The quantitative estimate of drug-likeness (QED) is 0.791. The van der Waals surface area contributed by atoms with Gasteiger partial charge in [-0.05, 0) is 30.4 Å². The van der Waals surface area contributed by atoms with Crippen molar-refractivity contribution >= 4 is 11.6 Å². The molecule has 2 N–H and O–H groups in total. The van der Waals surface area contributed by atoms with E-state index in [0.29, 0.717) is 6.42 Å². The molecule has 0 spiro atoms. The Morgan fingerprint density at radius 2 is 2.12 bits per heavy atom. The maximum atomic E-state index is 11.3. The molecule has 0 unspecified atom stereocenters. The standard InChI is InChI=1S/C13H18N2O/c1-14-13(16)8-11-4-2-3-5-12(11)15-9-10-6-7-10/h2-5,10,15H,6-9H2,1H3,(H,14,16). The van der Waals surface area contributed by atoms with Gasteiger partial charge in [0, 0.05) is 19.3 Å². The van der Waals surface area contributed by atoms with Crippen LogP contribution in [0.1, 0.15) is 18.4 Å². The summed E-state index contributed by atoms with van der Waals surface area (Å²) in [6, 6.07) is 8.02. The van der Waals surface area contributed by atoms with Crippen LogP contribution in [0.25, 0.3) is 0 Å². The molecule has 0 heterocycles. The molecule has 0 bridgehead atoms. The number of benzene rings is 1. The topological polar surface area (TPSA) is 41.1 Å². The fourth-order valence-corrected chi connectivity index (χ4v) is 1.68. The van der Waals surface area contributed by atoms with Crippen LogP contribution in [-0.2, 0) is 11.2 Å². The van der Waals surface area contributed by atoms with Gasteiger partial charge in [0.2, 0.25) is 5.91 Å². The molecule has 0 aliphatic heterocycles. The van der Waals surface area contributed by atoms with E-state index in [4.69, 9.17) is 0 Å². The lowest BCUT2D eigenvalue weighted by Gasteiger charge is -2.10. The van der Waals surface area contributed by atoms with E-state index in [2.05, 4.69) is 10.6 Å². The van der Waals surface area contributed by atoms with Gasteiger partial charge in [-0.2, -0.15) is 0 Å². The molecule has 1 aliphatic rings. The van der Waals surface area contributed by atoms with Crippen molar-refractivity contribution in [3.05, 3.63) is 29.8 Å². The van der Waals surface area contributed by atoms with Crippen LogP contribution in [0, 0.1) is 5.92 Å². The third-order valence-corrected chi connectivity index (χ3v) is 2.93. The molecule has 1 aromatic carbocycles. The summed E-state index contributed by atoms with van der Waals surface area (Å²) < 4.78 is 0. The van der Waals surface area contributed by atoms with Crippen LogP contribution >= 0.6 is 0 Å². The number of anilines is 1. The lowest BCUT2D eigenvalue weighted by Crippen LogP contribution is -2.20. The van der Waals surface area contributed by atoms with Gasteiger partial charge in [-0.3, -0.25) is 4.79 Å². The Morgan fingerprint density at radius 1 is 1.38 bits per heavy atom. The van der Waals surface area contributed by atoms with Crippen molar-refractivity contribution in [1.82, 2.24) is 5.32 Å². The van der Waals surface area contributed by atoms with Crippen LogP contribution in [0.15, 0.2) is 24.3 Å². The van der Waals surface area contributed by atoms with Crippen molar-refractivity contribution in [2.75, 3.05) is 18.9 Å². The van der Waals surface area contributed by atoms with E-state index < -0.39 is 0 Å². The highest BCUT2D eigenvalue weighted by molar-refractivity contribution is 5.80. The second kappa shape index (κ2) is 5.01. The molecular weight excluding hydrogens is 200 g/mol. The molecule has 0 aromatic heterocycles. The number of likely N-dealkylation sites (N-methyl/N-ethyl adjacent to an activating group) is 1. The summed E-state index contributed by atoms with van der Waals surface area (Å²) in [6.07, 6.45) is 3.12. The minimum absolute atomic E-state index is 0.0562. The predicted octanol–water partition coefficient (Wildman–Crippen LogP) is 1.80. The zero-order valence-electron chi connectivity index (χ0n) is 9.62. The first-order chi connectivity index (χ1) is 7.79. The van der Waals surface area contributed by atoms with Crippen molar-refractivity contribution in [2.24, 2.45) is 5.92 Å². The van der Waals surface area contributed by atoms with Crippen molar-refractivity contribution in [3.63, 3.8) is 0 Å². The molecule has 1 saturated carbocycles. The molecule has 0 saturated heterocycles. The lowest BCUT2D eigenvalue weighted by atomic mass is 10.1. The number of nitrogens with one attached hydrogen (secondary N) is 2. The first-order valence-corrected chi connectivity index (χ1v) is 5.82. The number of amides is 1. The summed E-state index contributed by atoms with van der Waals surface area (Å²) in [4.78, 5) is 11.3. The van der Waals surface area contributed by atoms with Crippen LogP contribution in [-0.4, -0.2) is 19.5 Å². The van der Waals surface area contributed by atoms with E-state index in [0.717, 1.165) is 23.7 Å². The normalized spacial score (nSPS) is 14.6. The summed E-state index contributed by atoms with van der Waals surface area (Å²) in [5.74, 6) is 0.897. The number of hydrogen-bond acceptors (Lipinski definition) is 2. The maximum Gasteiger partial charge on any atom is 0.224 e. The largest absolute Gasteiger partial charge is 0.385 e. The van der Waals surface area contributed by atoms with Crippen LogP contribution < -0.4 is 10.6 Å². The SMILES string of the molecule is CNC(=O)Cc1ccccc1NCC1CC1. The second-order valence-corrected chi connectivity index (χ2v) is 4.33. The van der Waals surface area contributed by atoms with E-state index in [-0.39, 0.29) is 5.91 Å². The third kappa shape index (κ3) is 2.99. The van der Waals surface area contributed by atoms with E-state index in [9.17, 15) is 4.79 Å². The molecule has 1 aromatic rings. The van der Waals surface area contributed by atoms with Gasteiger partial charge in [0.1, 0.15) is 0 Å². The van der Waals surface area contributed by atoms with Gasteiger partial charge in [0.15, 0.2) is 0 Å². The average molecular weight is 218 g/mol. The lowest BCUT2D eigenvalue weighted by molar-refractivity contribution is -0.119. The van der Waals surface area contributed by atoms with Gasteiger partial charge in [0.05, 0.1) is 6.42 Å². The van der Waals surface area contributed by atoms with E-state index in [1.165, 1.54) is 12.8 Å². The number of para-hydroxylation sites is 1. The Labute approximate surface area is 96.2 Å². The van der Waals surface area contributed by atoms with Gasteiger partial charge >= 0.3 is 0 Å². The fourth-order valence-electron chi connectivity index (χ4n) is 1.68. The van der Waals surface area contributed by atoms with Gasteiger partial charge < -0.3 is 10.6 Å². The summed E-state index contributed by atoms with van der Waals surface area (Å²) in [5.41, 5.74) is 2.17. The Balaban J connectivity index is 2.00. The van der Waals surface area contributed by atoms with Crippen LogP contribution in [0.5, 0.6) is 0 Å². The third-order valence-electron chi connectivity index (χ3n) is 2.93. The van der Waals surface area contributed by atoms with Crippen LogP contribution in [0.4, 0.5) is 5.69 Å². The molecule has 86 valence electrons. The van der Waals surface area contributed by atoms with E-state index in [1.54, 1.807) is 7.05 Å². The summed E-state index contributed by atoms with van der Waals surface area (Å²) in [7, 11) is 1.67.